The van der Waals surface area contributed by atoms with Gasteiger partial charge in [0.05, 0.1) is 22.7 Å². The number of unbranched alkanes of at least 4 members (excludes halogenated alkanes) is 14. The van der Waals surface area contributed by atoms with Crippen molar-refractivity contribution in [2.75, 3.05) is 91.8 Å². The molecule has 0 N–H and O–H groups in total. The third-order valence-corrected chi connectivity index (χ3v) is 19.7. The normalized spacial score (nSPS) is 19.0. The summed E-state index contributed by atoms with van der Waals surface area (Å²) in [5.41, 5.74) is 7.90. The molecule has 0 unspecified atom stereocenters. The molecule has 490 valence electrons. The number of benzene rings is 4. The number of piperidine rings is 2. The second-order valence-electron chi connectivity index (χ2n) is 26.0. The smallest absolute Gasteiger partial charge is 0.417 e. The van der Waals surface area contributed by atoms with Crippen molar-refractivity contribution in [2.45, 2.75) is 218 Å². The first-order valence-corrected chi connectivity index (χ1v) is 34.9. The first kappa shape index (κ1) is 68.0. The Kier molecular flexibility index (Phi) is 26.3. The summed E-state index contributed by atoms with van der Waals surface area (Å²) in [6.45, 7) is 14.6. The van der Waals surface area contributed by atoms with Crippen LogP contribution < -0.4 is 19.6 Å². The van der Waals surface area contributed by atoms with Gasteiger partial charge in [0.25, 0.3) is 0 Å². The van der Waals surface area contributed by atoms with Crippen LogP contribution in [0, 0.1) is 11.6 Å². The zero-order chi connectivity index (χ0) is 63.2. The number of amides is 2. The Hall–Kier alpha value is -6.39. The van der Waals surface area contributed by atoms with E-state index in [1.165, 1.54) is 118 Å². The average Bonchev–Trinajstić information content (AvgIpc) is 1.60. The minimum absolute atomic E-state index is 0.00327. The van der Waals surface area contributed by atoms with E-state index in [4.69, 9.17) is 14.2 Å². The van der Waals surface area contributed by atoms with Crippen LogP contribution in [0.4, 0.5) is 41.1 Å². The third-order valence-electron chi connectivity index (χ3n) is 19.7. The van der Waals surface area contributed by atoms with Crippen LogP contribution in [0.3, 0.4) is 0 Å². The maximum atomic E-state index is 13.6. The third kappa shape index (κ3) is 18.2. The van der Waals surface area contributed by atoms with Crippen LogP contribution >= 0.6 is 0 Å². The summed E-state index contributed by atoms with van der Waals surface area (Å²) < 4.78 is 43.3. The number of hydrogen-bond acceptors (Lipinski definition) is 12. The van der Waals surface area contributed by atoms with E-state index < -0.39 is 6.09 Å². The van der Waals surface area contributed by atoms with Gasteiger partial charge >= 0.3 is 18.2 Å². The van der Waals surface area contributed by atoms with E-state index in [9.17, 15) is 32.8 Å². The van der Waals surface area contributed by atoms with Crippen LogP contribution in [0.2, 0.25) is 0 Å². The fourth-order valence-corrected chi connectivity index (χ4v) is 14.9. The van der Waals surface area contributed by atoms with Crippen LogP contribution in [0.5, 0.6) is 0 Å². The number of rotatable bonds is 33. The average molecular weight is 1240 g/mol. The SMILES string of the molecule is CCCCCC(CCCCC)OC(=O)N1CCN2c3c(cccc31)[C@@H]1CN(CCCC(=O)c3ccc(F)cc3)CC[C@@H]12.CCCCCCCCCCCCCC(=O)OCOC(=O)N1CCN2c3c(cccc31)[C@@H]1CN(CCCC(=O)c3ccc(F)cc3)CC[C@@H]12. The number of hydrogen-bond donors (Lipinski definition) is 0. The fourth-order valence-electron chi connectivity index (χ4n) is 14.9. The molecule has 0 aromatic heterocycles. The summed E-state index contributed by atoms with van der Waals surface area (Å²) in [6, 6.07) is 25.0. The first-order valence-electron chi connectivity index (χ1n) is 34.9. The van der Waals surface area contributed by atoms with Crippen molar-refractivity contribution in [3.63, 3.8) is 0 Å². The molecule has 0 radical (unpaired) electrons. The van der Waals surface area contributed by atoms with Gasteiger partial charge in [0, 0.05) is 107 Å². The van der Waals surface area contributed by atoms with E-state index in [0.29, 0.717) is 67.4 Å². The lowest BCUT2D eigenvalue weighted by molar-refractivity contribution is -0.151. The second-order valence-corrected chi connectivity index (χ2v) is 26.0. The van der Waals surface area contributed by atoms with Gasteiger partial charge in [-0.3, -0.25) is 24.2 Å². The number of carbonyl (C=O) groups excluding carboxylic acids is 5. The van der Waals surface area contributed by atoms with Gasteiger partial charge in [-0.15, -0.1) is 0 Å². The Morgan fingerprint density at radius 1 is 0.467 bits per heavy atom. The topological polar surface area (TPSA) is 132 Å². The summed E-state index contributed by atoms with van der Waals surface area (Å²) >= 11 is 0. The molecular weight excluding hydrogens is 1140 g/mol. The Labute approximate surface area is 535 Å². The molecule has 6 aliphatic heterocycles. The van der Waals surface area contributed by atoms with Crippen molar-refractivity contribution in [1.29, 1.82) is 0 Å². The van der Waals surface area contributed by atoms with E-state index in [-0.39, 0.29) is 48.2 Å². The lowest BCUT2D eigenvalue weighted by atomic mass is 9.89. The molecule has 0 aliphatic carbocycles. The number of Topliss-reactive ketones (excluding diaryl/α,β-unsaturated/α-hetero) is 2. The van der Waals surface area contributed by atoms with Gasteiger partial charge in [0.15, 0.2) is 11.6 Å². The maximum absolute atomic E-state index is 13.6. The highest BCUT2D eigenvalue weighted by atomic mass is 19.1. The predicted octanol–water partition coefficient (Wildman–Crippen LogP) is 16.6. The Morgan fingerprint density at radius 2 is 0.900 bits per heavy atom. The molecule has 2 fully saturated rings. The highest BCUT2D eigenvalue weighted by Crippen LogP contribution is 2.52. The van der Waals surface area contributed by atoms with Gasteiger partial charge in [-0.1, -0.05) is 135 Å². The molecule has 10 rings (SSSR count). The molecule has 2 saturated heterocycles. The van der Waals surface area contributed by atoms with Gasteiger partial charge < -0.3 is 33.8 Å². The van der Waals surface area contributed by atoms with Crippen molar-refractivity contribution in [2.24, 2.45) is 0 Å². The van der Waals surface area contributed by atoms with Crippen molar-refractivity contribution >= 4 is 52.5 Å². The highest BCUT2D eigenvalue weighted by molar-refractivity contribution is 5.98. The molecule has 2 amide bonds. The van der Waals surface area contributed by atoms with Gasteiger partial charge in [-0.05, 0) is 143 Å². The van der Waals surface area contributed by atoms with Crippen molar-refractivity contribution < 1.29 is 47.0 Å². The summed E-state index contributed by atoms with van der Waals surface area (Å²) in [6.07, 6.45) is 26.5. The molecule has 0 spiro atoms. The molecular formula is C74H102F2N6O8. The number of ether oxygens (including phenoxy) is 3. The van der Waals surface area contributed by atoms with Crippen molar-refractivity contribution in [3.05, 3.63) is 119 Å². The zero-order valence-corrected chi connectivity index (χ0v) is 54.3. The van der Waals surface area contributed by atoms with E-state index in [2.05, 4.69) is 64.6 Å². The van der Waals surface area contributed by atoms with Gasteiger partial charge in [0.1, 0.15) is 17.7 Å². The molecule has 4 aromatic rings. The second kappa shape index (κ2) is 34.9. The van der Waals surface area contributed by atoms with Crippen LogP contribution in [0.15, 0.2) is 84.9 Å². The molecule has 90 heavy (non-hydrogen) atoms. The maximum Gasteiger partial charge on any atom is 0.417 e. The molecule has 0 saturated carbocycles. The lowest BCUT2D eigenvalue weighted by Gasteiger charge is -2.41. The van der Waals surface area contributed by atoms with E-state index in [1.807, 2.05) is 17.0 Å². The number of anilines is 4. The Morgan fingerprint density at radius 3 is 1.37 bits per heavy atom. The molecule has 14 nitrogen and oxygen atoms in total. The number of likely N-dealkylation sites (tertiary alicyclic amines) is 2. The fraction of sp³-hybridized carbons (Fsp3) is 0.608. The molecule has 16 heteroatoms. The van der Waals surface area contributed by atoms with Crippen LogP contribution in [0.25, 0.3) is 0 Å². The number of nitrogens with zero attached hydrogens (tertiary/aromatic N) is 6. The molecule has 4 aromatic carbocycles. The number of esters is 1. The minimum Gasteiger partial charge on any atom is -0.446 e. The van der Waals surface area contributed by atoms with Crippen molar-refractivity contribution in [1.82, 2.24) is 9.80 Å². The Balaban J connectivity index is 0.000000215. The summed E-state index contributed by atoms with van der Waals surface area (Å²) in [4.78, 5) is 77.6. The largest absolute Gasteiger partial charge is 0.446 e. The summed E-state index contributed by atoms with van der Waals surface area (Å²) in [7, 11) is 0. The zero-order valence-electron chi connectivity index (χ0n) is 54.3. The molecule has 0 bridgehead atoms. The lowest BCUT2D eigenvalue weighted by Crippen LogP contribution is -2.51. The van der Waals surface area contributed by atoms with Gasteiger partial charge in [-0.2, -0.15) is 0 Å². The quantitative estimate of drug-likeness (QED) is 0.0195. The van der Waals surface area contributed by atoms with Crippen LogP contribution in [0.1, 0.15) is 231 Å². The minimum atomic E-state index is -0.493. The number of fused-ring (bicyclic) bond motifs is 6. The molecule has 6 aliphatic rings. The monoisotopic (exact) mass is 1240 g/mol. The predicted molar refractivity (Wildman–Crippen MR) is 354 cm³/mol. The number of carbonyl (C=O) groups is 5. The van der Waals surface area contributed by atoms with E-state index in [1.54, 1.807) is 29.2 Å². The number of para-hydroxylation sites is 2. The first-order chi connectivity index (χ1) is 44.0. The number of ketones is 2. The standard InChI is InChI=1S/C39H54FN3O5.C35H48FN3O3/c1-2-3-4-5-6-7-8-9-10-11-12-18-37(45)47-29-48-39(46)43-27-26-42-34-23-25-41(28-33(34)32-15-13-16-35(43)38(32)42)24-14-17-36(44)30-19-21-31(40)22-20-30;1-3-5-7-11-28(12-8-6-4-2)42-35(41)39-24-23-38-31-20-22-37(25-30(31)29-13-9-14-32(39)34(29)38)21-10-15-33(40)26-16-18-27(36)19-17-26/h13,15-16,19-22,33-34H,2-12,14,17-18,23-29H2,1H3;9,13-14,16-19,28,30-31H,3-8,10-12,15,20-25H2,1-2H3/t33-,34-;30-,31-/m00/s1. The van der Waals surface area contributed by atoms with E-state index in [0.717, 1.165) is 140 Å². The van der Waals surface area contributed by atoms with Crippen molar-refractivity contribution in [3.8, 4) is 0 Å². The van der Waals surface area contributed by atoms with Crippen LogP contribution in [-0.2, 0) is 19.0 Å². The van der Waals surface area contributed by atoms with Crippen LogP contribution in [-0.4, -0.2) is 130 Å². The molecule has 4 atom stereocenters. The van der Waals surface area contributed by atoms with E-state index >= 15 is 0 Å². The Bertz CT molecular complexity index is 2940. The summed E-state index contributed by atoms with van der Waals surface area (Å²) in [5, 5.41) is 0. The molecule has 6 heterocycles. The van der Waals surface area contributed by atoms with Gasteiger partial charge in [0.2, 0.25) is 6.79 Å². The summed E-state index contributed by atoms with van der Waals surface area (Å²) in [5.74, 6) is -0.133. The highest BCUT2D eigenvalue weighted by Gasteiger charge is 2.48. The number of halogens is 2. The van der Waals surface area contributed by atoms with Gasteiger partial charge in [-0.25, -0.2) is 18.4 Å².